The van der Waals surface area contributed by atoms with Gasteiger partial charge in [0.25, 0.3) is 5.56 Å². The van der Waals surface area contributed by atoms with Crippen LogP contribution in [-0.4, -0.2) is 50.0 Å². The van der Waals surface area contributed by atoms with Crippen molar-refractivity contribution < 1.29 is 24.2 Å². The number of halogens is 1. The Morgan fingerprint density at radius 3 is 2.73 bits per heavy atom. The summed E-state index contributed by atoms with van der Waals surface area (Å²) in [4.78, 5) is 35.4. The Balaban J connectivity index is 1.51. The van der Waals surface area contributed by atoms with Gasteiger partial charge in [-0.05, 0) is 42.8 Å². The van der Waals surface area contributed by atoms with Crippen molar-refractivity contribution in [3.05, 3.63) is 75.7 Å². The van der Waals surface area contributed by atoms with E-state index in [0.717, 1.165) is 11.8 Å². The van der Waals surface area contributed by atoms with E-state index in [1.54, 1.807) is 49.4 Å². The summed E-state index contributed by atoms with van der Waals surface area (Å²) in [5, 5.41) is 22.7. The fraction of sp³-hybridized carbons (Fsp3) is 0.167. The van der Waals surface area contributed by atoms with Gasteiger partial charge in [0.2, 0.25) is 5.91 Å². The zero-order valence-corrected chi connectivity index (χ0v) is 20.9. The number of amides is 1. The zero-order valence-electron chi connectivity index (χ0n) is 19.3. The fourth-order valence-electron chi connectivity index (χ4n) is 3.21. The number of nitrogens with one attached hydrogen (secondary N) is 1. The minimum atomic E-state index is -1.07. The Hall–Kier alpha value is -4.16. The van der Waals surface area contributed by atoms with E-state index in [4.69, 9.17) is 26.2 Å². The lowest BCUT2D eigenvalue weighted by Gasteiger charge is -2.13. The van der Waals surface area contributed by atoms with Crippen molar-refractivity contribution in [2.45, 2.75) is 18.6 Å². The number of carboxylic acid groups (broad SMARTS) is 1. The van der Waals surface area contributed by atoms with Crippen LogP contribution >= 0.6 is 23.4 Å². The van der Waals surface area contributed by atoms with Crippen LogP contribution < -0.4 is 20.3 Å². The molecule has 1 aliphatic rings. The minimum absolute atomic E-state index is 0.0672. The largest absolute Gasteiger partial charge is 0.490 e. The first-order valence-corrected chi connectivity index (χ1v) is 12.2. The van der Waals surface area contributed by atoms with Crippen LogP contribution in [0.1, 0.15) is 18.9 Å². The Morgan fingerprint density at radius 2 is 2.00 bits per heavy atom. The van der Waals surface area contributed by atoms with Crippen molar-refractivity contribution in [3.8, 4) is 22.9 Å². The number of benzene rings is 2. The third-order valence-electron chi connectivity index (χ3n) is 4.87. The maximum Gasteiger partial charge on any atom is 0.305 e. The molecule has 0 radical (unpaired) electrons. The number of para-hydroxylation sites is 1. The molecule has 2 heterocycles. The van der Waals surface area contributed by atoms with Crippen molar-refractivity contribution >= 4 is 46.6 Å². The Morgan fingerprint density at radius 1 is 1.22 bits per heavy atom. The van der Waals surface area contributed by atoms with Gasteiger partial charge in [-0.1, -0.05) is 41.6 Å². The number of nitrogens with zero attached hydrogens (tertiary/aromatic N) is 4. The van der Waals surface area contributed by atoms with E-state index in [1.807, 2.05) is 6.07 Å². The molecule has 1 amide bonds. The third-order valence-corrected chi connectivity index (χ3v) is 6.29. The van der Waals surface area contributed by atoms with E-state index < -0.39 is 22.7 Å². The second-order valence-electron chi connectivity index (χ2n) is 7.46. The molecular weight excluding hydrogens is 522 g/mol. The van der Waals surface area contributed by atoms with E-state index in [9.17, 15) is 14.4 Å². The first kappa shape index (κ1) is 25.9. The number of aromatic nitrogens is 2. The topological polar surface area (TPSA) is 144 Å². The van der Waals surface area contributed by atoms with Crippen LogP contribution in [0.4, 0.5) is 0 Å². The maximum atomic E-state index is 12.7. The Labute approximate surface area is 219 Å². The number of carboxylic acids is 1. The van der Waals surface area contributed by atoms with Crippen LogP contribution in [0.15, 0.2) is 69.7 Å². The molecular formula is C24H20ClN5O6S. The molecule has 0 spiro atoms. The van der Waals surface area contributed by atoms with E-state index in [0.29, 0.717) is 29.4 Å². The quantitative estimate of drug-likeness (QED) is 0.309. The van der Waals surface area contributed by atoms with Gasteiger partial charge in [0.05, 0.1) is 31.1 Å². The summed E-state index contributed by atoms with van der Waals surface area (Å²) in [6, 6.07) is 13.8. The Bertz CT molecular complexity index is 1440. The van der Waals surface area contributed by atoms with Gasteiger partial charge < -0.3 is 19.9 Å². The normalized spacial score (nSPS) is 16.2. The number of hydrogen-bond acceptors (Lipinski definition) is 9. The number of ether oxygens (including phenoxy) is 2. The highest BCUT2D eigenvalue weighted by atomic mass is 35.5. The van der Waals surface area contributed by atoms with Crippen LogP contribution in [-0.2, 0) is 9.59 Å². The lowest BCUT2D eigenvalue weighted by molar-refractivity contribution is -0.138. The minimum Gasteiger partial charge on any atom is -0.490 e. The lowest BCUT2D eigenvalue weighted by Crippen LogP contribution is -2.26. The number of hydrogen-bond donors (Lipinski definition) is 2. The first-order chi connectivity index (χ1) is 17.9. The van der Waals surface area contributed by atoms with E-state index in [-0.39, 0.29) is 22.4 Å². The molecule has 2 aromatic carbocycles. The molecule has 1 atom stereocenters. The average Bonchev–Trinajstić information content (AvgIpc) is 3.22. The maximum absolute atomic E-state index is 12.7. The van der Waals surface area contributed by atoms with Crippen LogP contribution in [0, 0.1) is 0 Å². The van der Waals surface area contributed by atoms with Crippen molar-refractivity contribution in [3.63, 3.8) is 0 Å². The summed E-state index contributed by atoms with van der Waals surface area (Å²) < 4.78 is 12.7. The highest BCUT2D eigenvalue weighted by Gasteiger charge is 2.32. The van der Waals surface area contributed by atoms with E-state index in [2.05, 4.69) is 20.6 Å². The number of carbonyl (C=O) groups is 2. The molecule has 3 aromatic rings. The van der Waals surface area contributed by atoms with Crippen molar-refractivity contribution in [2.75, 3.05) is 6.61 Å². The van der Waals surface area contributed by atoms with Gasteiger partial charge in [-0.2, -0.15) is 14.9 Å². The van der Waals surface area contributed by atoms with Crippen LogP contribution in [0.3, 0.4) is 0 Å². The molecule has 1 aliphatic heterocycles. The number of aliphatic carboxylic acids is 1. The number of rotatable bonds is 9. The summed E-state index contributed by atoms with van der Waals surface area (Å²) in [6.07, 6.45) is 2.48. The zero-order chi connectivity index (χ0) is 26.4. The van der Waals surface area contributed by atoms with Gasteiger partial charge >= 0.3 is 5.97 Å². The highest BCUT2D eigenvalue weighted by Crippen LogP contribution is 2.34. The molecule has 1 aromatic heterocycles. The molecule has 1 fully saturated rings. The number of amidine groups is 1. The fourth-order valence-corrected chi connectivity index (χ4v) is 4.29. The smallest absolute Gasteiger partial charge is 0.305 e. The Kier molecular flexibility index (Phi) is 8.21. The SMILES string of the molecule is CCOc1cc(C=NN=C2NC(=O)C(CC(=O)O)S2)ccc1Oc1cnn(-c2ccccc2)c(=O)c1Cl. The third kappa shape index (κ3) is 6.35. The standard InChI is InChI=1S/C24H20ClN5O6S/c1-2-35-17-10-14(12-26-29-24-28-22(33)19(37-24)11-20(31)32)8-9-16(17)36-18-13-27-30(23(34)21(18)25)15-6-4-3-5-7-15/h3-10,12-13,19H,2,11H2,1H3,(H,31,32)(H,28,29,33). The second-order valence-corrected chi connectivity index (χ2v) is 9.03. The molecule has 0 aliphatic carbocycles. The van der Waals surface area contributed by atoms with Crippen molar-refractivity contribution in [2.24, 2.45) is 10.2 Å². The van der Waals surface area contributed by atoms with E-state index in [1.165, 1.54) is 17.1 Å². The summed E-state index contributed by atoms with van der Waals surface area (Å²) in [5.74, 6) is -0.755. The summed E-state index contributed by atoms with van der Waals surface area (Å²) in [6.45, 7) is 2.15. The van der Waals surface area contributed by atoms with Crippen molar-refractivity contribution in [1.29, 1.82) is 0 Å². The van der Waals surface area contributed by atoms with Gasteiger partial charge in [-0.3, -0.25) is 14.4 Å². The van der Waals surface area contributed by atoms with E-state index >= 15 is 0 Å². The van der Waals surface area contributed by atoms with Gasteiger partial charge in [0.1, 0.15) is 5.25 Å². The highest BCUT2D eigenvalue weighted by molar-refractivity contribution is 8.15. The molecule has 190 valence electrons. The molecule has 4 rings (SSSR count). The molecule has 37 heavy (non-hydrogen) atoms. The summed E-state index contributed by atoms with van der Waals surface area (Å²) >= 11 is 7.30. The van der Waals surface area contributed by atoms with Gasteiger partial charge in [-0.15, -0.1) is 5.10 Å². The van der Waals surface area contributed by atoms with Crippen LogP contribution in [0.2, 0.25) is 5.02 Å². The first-order valence-electron chi connectivity index (χ1n) is 10.9. The van der Waals surface area contributed by atoms with Gasteiger partial charge in [0, 0.05) is 0 Å². The molecule has 1 saturated heterocycles. The summed E-state index contributed by atoms with van der Waals surface area (Å²) in [7, 11) is 0. The molecule has 1 unspecified atom stereocenters. The number of carbonyl (C=O) groups excluding carboxylic acids is 1. The average molecular weight is 542 g/mol. The molecule has 2 N–H and O–H groups in total. The van der Waals surface area contributed by atoms with Gasteiger partial charge in [0.15, 0.2) is 27.4 Å². The van der Waals surface area contributed by atoms with Gasteiger partial charge in [-0.25, -0.2) is 0 Å². The predicted molar refractivity (Wildman–Crippen MR) is 139 cm³/mol. The molecule has 11 nitrogen and oxygen atoms in total. The number of thioether (sulfide) groups is 1. The van der Waals surface area contributed by atoms with Crippen LogP contribution in [0.5, 0.6) is 17.2 Å². The molecule has 13 heteroatoms. The van der Waals surface area contributed by atoms with Crippen molar-refractivity contribution in [1.82, 2.24) is 15.1 Å². The lowest BCUT2D eigenvalue weighted by atomic mass is 10.2. The molecule has 0 bridgehead atoms. The van der Waals surface area contributed by atoms with Crippen LogP contribution in [0.25, 0.3) is 5.69 Å². The predicted octanol–water partition coefficient (Wildman–Crippen LogP) is 3.47. The monoisotopic (exact) mass is 541 g/mol. The summed E-state index contributed by atoms with van der Waals surface area (Å²) in [5.41, 5.74) is 0.644. The molecule has 0 saturated carbocycles. The second kappa shape index (κ2) is 11.7.